The molecule has 1 spiro atoms. The monoisotopic (exact) mass is 318 g/mol. The molecule has 0 atom stereocenters. The van der Waals surface area contributed by atoms with Gasteiger partial charge in [0.25, 0.3) is 0 Å². The van der Waals surface area contributed by atoms with Gasteiger partial charge < -0.3 is 15.2 Å². The van der Waals surface area contributed by atoms with Crippen LogP contribution >= 0.6 is 0 Å². The van der Waals surface area contributed by atoms with E-state index < -0.39 is 0 Å². The number of ether oxygens (including phenoxy) is 2. The maximum atomic E-state index is 5.91. The maximum absolute atomic E-state index is 5.91. The van der Waals surface area contributed by atoms with Gasteiger partial charge in [-0.05, 0) is 50.1 Å². The highest BCUT2D eigenvalue weighted by atomic mass is 16.7. The summed E-state index contributed by atoms with van der Waals surface area (Å²) in [6, 6.07) is 5.96. The fraction of sp³-hybridized carbons (Fsp3) is 0.556. The average molecular weight is 318 g/mol. The van der Waals surface area contributed by atoms with Gasteiger partial charge in [0.05, 0.1) is 19.4 Å². The van der Waals surface area contributed by atoms with E-state index in [2.05, 4.69) is 11.6 Å². The lowest BCUT2D eigenvalue weighted by molar-refractivity contribution is -0.0557. The zero-order valence-corrected chi connectivity index (χ0v) is 13.8. The number of hydrogen-bond acceptors (Lipinski definition) is 5. The van der Waals surface area contributed by atoms with Gasteiger partial charge in [0.1, 0.15) is 5.60 Å². The topological polar surface area (TPSA) is 65.7 Å². The molecule has 0 bridgehead atoms. The number of hydroxylamine groups is 1. The molecular formula is C18H26N2O3. The summed E-state index contributed by atoms with van der Waals surface area (Å²) in [5.41, 5.74) is 10.6. The van der Waals surface area contributed by atoms with E-state index in [1.165, 1.54) is 19.3 Å². The molecule has 5 heteroatoms. The lowest BCUT2D eigenvalue weighted by Gasteiger charge is -2.29. The van der Waals surface area contributed by atoms with Gasteiger partial charge in [0.2, 0.25) is 0 Å². The molecular weight excluding hydrogens is 292 g/mol. The van der Waals surface area contributed by atoms with Crippen molar-refractivity contribution in [2.45, 2.75) is 44.1 Å². The molecule has 0 radical (unpaired) electrons. The summed E-state index contributed by atoms with van der Waals surface area (Å²) in [5, 5.41) is 0. The molecule has 1 heterocycles. The molecule has 1 aliphatic heterocycles. The van der Waals surface area contributed by atoms with Gasteiger partial charge in [-0.3, -0.25) is 10.3 Å². The Kier molecular flexibility index (Phi) is 5.08. The van der Waals surface area contributed by atoms with Gasteiger partial charge in [-0.25, -0.2) is 0 Å². The van der Waals surface area contributed by atoms with Crippen molar-refractivity contribution in [1.82, 2.24) is 5.48 Å². The molecule has 3 rings (SSSR count). The minimum atomic E-state index is -0.131. The molecule has 1 fully saturated rings. The number of nitrogens with one attached hydrogen (secondary N) is 1. The molecule has 2 aliphatic rings. The Morgan fingerprint density at radius 3 is 2.78 bits per heavy atom. The standard InChI is InChI=1S/C18H26N2O3/c1-21-16-7-6-14(12-17(16)22-11-5-10-19)15-13-18(23-20-15)8-3-2-4-9-18/h6-7,12-13,20H,2-5,8-11,19H2,1H3. The summed E-state index contributed by atoms with van der Waals surface area (Å²) >= 11 is 0. The van der Waals surface area contributed by atoms with Crippen LogP contribution in [0.25, 0.3) is 5.70 Å². The Balaban J connectivity index is 1.79. The predicted octanol–water partition coefficient (Wildman–Crippen LogP) is 3.00. The summed E-state index contributed by atoms with van der Waals surface area (Å²) in [6.45, 7) is 1.20. The van der Waals surface area contributed by atoms with Crippen molar-refractivity contribution in [2.24, 2.45) is 5.73 Å². The van der Waals surface area contributed by atoms with E-state index in [9.17, 15) is 0 Å². The maximum Gasteiger partial charge on any atom is 0.161 e. The Bertz CT molecular complexity index is 565. The van der Waals surface area contributed by atoms with Crippen LogP contribution < -0.4 is 20.7 Å². The molecule has 1 aliphatic carbocycles. The summed E-state index contributed by atoms with van der Waals surface area (Å²) in [6.07, 6.45) is 8.97. The second-order valence-corrected chi connectivity index (χ2v) is 6.24. The van der Waals surface area contributed by atoms with Crippen LogP contribution in [0.2, 0.25) is 0 Å². The van der Waals surface area contributed by atoms with Crippen molar-refractivity contribution in [2.75, 3.05) is 20.3 Å². The van der Waals surface area contributed by atoms with E-state index in [-0.39, 0.29) is 5.60 Å². The van der Waals surface area contributed by atoms with Crippen LogP contribution in [0.4, 0.5) is 0 Å². The largest absolute Gasteiger partial charge is 0.493 e. The predicted molar refractivity (Wildman–Crippen MR) is 90.2 cm³/mol. The summed E-state index contributed by atoms with van der Waals surface area (Å²) in [5.74, 6) is 1.48. The second kappa shape index (κ2) is 7.23. The minimum Gasteiger partial charge on any atom is -0.493 e. The van der Waals surface area contributed by atoms with Crippen molar-refractivity contribution in [1.29, 1.82) is 0 Å². The second-order valence-electron chi connectivity index (χ2n) is 6.24. The SMILES string of the molecule is COc1ccc(C2=CC3(CCCCC3)ON2)cc1OCCCN. The molecule has 1 aromatic carbocycles. The third-order valence-electron chi connectivity index (χ3n) is 4.55. The van der Waals surface area contributed by atoms with Crippen molar-refractivity contribution in [3.63, 3.8) is 0 Å². The van der Waals surface area contributed by atoms with Crippen molar-refractivity contribution >= 4 is 5.70 Å². The van der Waals surface area contributed by atoms with Crippen LogP contribution in [0.15, 0.2) is 24.3 Å². The fourth-order valence-corrected chi connectivity index (χ4v) is 3.24. The van der Waals surface area contributed by atoms with Gasteiger partial charge in [-0.2, -0.15) is 0 Å². The highest BCUT2D eigenvalue weighted by molar-refractivity contribution is 5.68. The van der Waals surface area contributed by atoms with Gasteiger partial charge >= 0.3 is 0 Å². The molecule has 23 heavy (non-hydrogen) atoms. The van der Waals surface area contributed by atoms with E-state index in [1.54, 1.807) is 7.11 Å². The zero-order chi connectivity index (χ0) is 16.1. The number of hydrogen-bond donors (Lipinski definition) is 2. The zero-order valence-electron chi connectivity index (χ0n) is 13.8. The molecule has 0 aromatic heterocycles. The Morgan fingerprint density at radius 2 is 2.04 bits per heavy atom. The number of rotatable bonds is 6. The molecule has 0 unspecified atom stereocenters. The third kappa shape index (κ3) is 3.62. The summed E-state index contributed by atoms with van der Waals surface area (Å²) in [7, 11) is 1.65. The highest BCUT2D eigenvalue weighted by Gasteiger charge is 2.36. The number of benzene rings is 1. The highest BCUT2D eigenvalue weighted by Crippen LogP contribution is 2.39. The smallest absolute Gasteiger partial charge is 0.161 e. The lowest BCUT2D eigenvalue weighted by Crippen LogP contribution is -2.31. The van der Waals surface area contributed by atoms with E-state index in [0.717, 1.165) is 42.0 Å². The molecule has 3 N–H and O–H groups in total. The Morgan fingerprint density at radius 1 is 1.22 bits per heavy atom. The first-order valence-corrected chi connectivity index (χ1v) is 8.44. The molecule has 0 saturated heterocycles. The Labute approximate surface area is 137 Å². The lowest BCUT2D eigenvalue weighted by atomic mass is 9.84. The van der Waals surface area contributed by atoms with E-state index in [4.69, 9.17) is 20.0 Å². The van der Waals surface area contributed by atoms with Gasteiger partial charge in [-0.1, -0.05) is 19.3 Å². The van der Waals surface area contributed by atoms with Crippen molar-refractivity contribution in [3.05, 3.63) is 29.8 Å². The van der Waals surface area contributed by atoms with E-state index in [1.807, 2.05) is 18.2 Å². The van der Waals surface area contributed by atoms with Crippen LogP contribution in [0, 0.1) is 0 Å². The number of nitrogens with two attached hydrogens (primary N) is 1. The van der Waals surface area contributed by atoms with Gasteiger partial charge in [0, 0.05) is 5.56 Å². The molecule has 1 aromatic rings. The average Bonchev–Trinajstić information content (AvgIpc) is 2.99. The normalized spacial score (nSPS) is 19.3. The molecule has 0 amide bonds. The first kappa shape index (κ1) is 16.1. The third-order valence-corrected chi connectivity index (χ3v) is 4.55. The molecule has 126 valence electrons. The Hall–Kier alpha value is -1.72. The van der Waals surface area contributed by atoms with Crippen LogP contribution in [-0.4, -0.2) is 25.9 Å². The van der Waals surface area contributed by atoms with E-state index >= 15 is 0 Å². The first-order chi connectivity index (χ1) is 11.3. The van der Waals surface area contributed by atoms with Crippen LogP contribution in [0.1, 0.15) is 44.1 Å². The van der Waals surface area contributed by atoms with Gasteiger partial charge in [0.15, 0.2) is 11.5 Å². The van der Waals surface area contributed by atoms with Crippen LogP contribution in [0.3, 0.4) is 0 Å². The first-order valence-electron chi connectivity index (χ1n) is 8.44. The summed E-state index contributed by atoms with van der Waals surface area (Å²) < 4.78 is 11.2. The van der Waals surface area contributed by atoms with Crippen LogP contribution in [-0.2, 0) is 4.84 Å². The van der Waals surface area contributed by atoms with Gasteiger partial charge in [-0.15, -0.1) is 0 Å². The van der Waals surface area contributed by atoms with E-state index in [0.29, 0.717) is 13.2 Å². The van der Waals surface area contributed by atoms with Crippen molar-refractivity contribution in [3.8, 4) is 11.5 Å². The number of methoxy groups -OCH3 is 1. The summed E-state index contributed by atoms with van der Waals surface area (Å²) in [4.78, 5) is 5.91. The fourth-order valence-electron chi connectivity index (χ4n) is 3.24. The quantitative estimate of drug-likeness (QED) is 0.789. The molecule has 1 saturated carbocycles. The minimum absolute atomic E-state index is 0.131. The van der Waals surface area contributed by atoms with Crippen molar-refractivity contribution < 1.29 is 14.3 Å². The molecule has 5 nitrogen and oxygen atoms in total. The van der Waals surface area contributed by atoms with Crippen LogP contribution in [0.5, 0.6) is 11.5 Å².